The Morgan fingerprint density at radius 2 is 2.00 bits per heavy atom. The third-order valence-corrected chi connectivity index (χ3v) is 4.78. The molecule has 5 heteroatoms. The van der Waals surface area contributed by atoms with Crippen LogP contribution in [0, 0.1) is 0 Å². The van der Waals surface area contributed by atoms with Gasteiger partial charge in [-0.2, -0.15) is 0 Å². The number of aliphatic hydroxyl groups excluding tert-OH is 1. The van der Waals surface area contributed by atoms with Crippen molar-refractivity contribution in [3.05, 3.63) is 54.5 Å². The highest BCUT2D eigenvalue weighted by molar-refractivity contribution is 5.72. The Balaban J connectivity index is 1.74. The van der Waals surface area contributed by atoms with Gasteiger partial charge >= 0.3 is 0 Å². The third kappa shape index (κ3) is 2.12. The molecule has 5 nitrogen and oxygen atoms in total. The van der Waals surface area contributed by atoms with Crippen molar-refractivity contribution in [1.29, 1.82) is 0 Å². The lowest BCUT2D eigenvalue weighted by Gasteiger charge is -2.26. The second-order valence-electron chi connectivity index (χ2n) is 6.71. The summed E-state index contributed by atoms with van der Waals surface area (Å²) < 4.78 is 5.90. The van der Waals surface area contributed by atoms with Crippen molar-refractivity contribution >= 4 is 5.69 Å². The van der Waals surface area contributed by atoms with Crippen LogP contribution in [0.4, 0.5) is 5.69 Å². The van der Waals surface area contributed by atoms with E-state index in [0.29, 0.717) is 11.7 Å². The van der Waals surface area contributed by atoms with Gasteiger partial charge in [0, 0.05) is 36.1 Å². The Bertz CT molecular complexity index is 887. The smallest absolute Gasteiger partial charge is 0.228 e. The molecular weight excluding hydrogens is 302 g/mol. The fourth-order valence-corrected chi connectivity index (χ4v) is 3.31. The summed E-state index contributed by atoms with van der Waals surface area (Å²) in [5.41, 5.74) is 3.63. The summed E-state index contributed by atoms with van der Waals surface area (Å²) in [4.78, 5) is 10.3. The molecule has 3 aromatic rings. The van der Waals surface area contributed by atoms with E-state index in [1.807, 2.05) is 36.2 Å². The first-order chi connectivity index (χ1) is 11.5. The van der Waals surface area contributed by atoms with Crippen molar-refractivity contribution in [2.24, 2.45) is 0 Å². The van der Waals surface area contributed by atoms with E-state index in [0.717, 1.165) is 22.4 Å². The van der Waals surface area contributed by atoms with Crippen molar-refractivity contribution in [1.82, 2.24) is 9.97 Å². The van der Waals surface area contributed by atoms with Gasteiger partial charge in [0.2, 0.25) is 5.89 Å². The number of hydrogen-bond acceptors (Lipinski definition) is 5. The van der Waals surface area contributed by atoms with Crippen molar-refractivity contribution in [3.63, 3.8) is 0 Å². The summed E-state index contributed by atoms with van der Waals surface area (Å²) in [7, 11) is 1.91. The van der Waals surface area contributed by atoms with E-state index < -0.39 is 6.23 Å². The second kappa shape index (κ2) is 5.18. The van der Waals surface area contributed by atoms with Gasteiger partial charge in [0.05, 0.1) is 11.8 Å². The first-order valence-electron chi connectivity index (χ1n) is 7.90. The average Bonchev–Trinajstić information content (AvgIpc) is 3.16. The lowest BCUT2D eigenvalue weighted by molar-refractivity contribution is 0.114. The first kappa shape index (κ1) is 14.9. The molecule has 2 aromatic heterocycles. The zero-order chi connectivity index (χ0) is 16.9. The summed E-state index contributed by atoms with van der Waals surface area (Å²) in [6.45, 7) is 4.10. The zero-order valence-electron chi connectivity index (χ0n) is 13.9. The van der Waals surface area contributed by atoms with Crippen molar-refractivity contribution in [2.75, 3.05) is 11.9 Å². The molecule has 4 rings (SSSR count). The van der Waals surface area contributed by atoms with E-state index in [4.69, 9.17) is 4.42 Å². The molecule has 1 N–H and O–H groups in total. The van der Waals surface area contributed by atoms with Crippen LogP contribution in [0.15, 0.2) is 53.3 Å². The molecule has 122 valence electrons. The summed E-state index contributed by atoms with van der Waals surface area (Å²) in [5.74, 6) is 1.25. The minimum atomic E-state index is -0.538. The number of pyridine rings is 1. The molecule has 0 amide bonds. The van der Waals surface area contributed by atoms with Gasteiger partial charge < -0.3 is 14.4 Å². The maximum absolute atomic E-state index is 10.4. The maximum atomic E-state index is 10.4. The molecule has 1 aliphatic heterocycles. The normalized spacial score (nSPS) is 18.7. The van der Waals surface area contributed by atoms with E-state index in [-0.39, 0.29) is 5.41 Å². The Morgan fingerprint density at radius 1 is 1.17 bits per heavy atom. The molecule has 0 spiro atoms. The number of aliphatic hydroxyl groups is 1. The topological polar surface area (TPSA) is 62.4 Å². The van der Waals surface area contributed by atoms with Gasteiger partial charge in [-0.1, -0.05) is 26.0 Å². The van der Waals surface area contributed by atoms with Crippen molar-refractivity contribution < 1.29 is 9.52 Å². The minimum absolute atomic E-state index is 0.301. The summed E-state index contributed by atoms with van der Waals surface area (Å²) in [6.07, 6.45) is 4.63. The Labute approximate surface area is 140 Å². The number of rotatable bonds is 2. The number of aromatic nitrogens is 2. The van der Waals surface area contributed by atoms with E-state index in [2.05, 4.69) is 29.9 Å². The molecule has 1 aromatic carbocycles. The predicted octanol–water partition coefficient (Wildman–Crippen LogP) is 3.45. The Hall–Kier alpha value is -2.66. The Morgan fingerprint density at radius 3 is 2.75 bits per heavy atom. The molecular formula is C19H19N3O2. The van der Waals surface area contributed by atoms with E-state index in [9.17, 15) is 5.11 Å². The van der Waals surface area contributed by atoms with Crippen LogP contribution in [-0.4, -0.2) is 28.4 Å². The number of nitrogens with zero attached hydrogens (tertiary/aromatic N) is 3. The van der Waals surface area contributed by atoms with E-state index >= 15 is 0 Å². The van der Waals surface area contributed by atoms with Crippen LogP contribution in [0.25, 0.3) is 22.8 Å². The van der Waals surface area contributed by atoms with Crippen LogP contribution < -0.4 is 4.90 Å². The molecule has 0 aliphatic carbocycles. The predicted molar refractivity (Wildman–Crippen MR) is 92.6 cm³/mol. The van der Waals surface area contributed by atoms with Crippen LogP contribution in [0.1, 0.15) is 19.4 Å². The Kier molecular flexibility index (Phi) is 3.21. The summed E-state index contributed by atoms with van der Waals surface area (Å²) in [6, 6.07) is 9.88. The fourth-order valence-electron chi connectivity index (χ4n) is 3.31. The molecule has 3 heterocycles. The number of anilines is 1. The van der Waals surface area contributed by atoms with Gasteiger partial charge in [0.25, 0.3) is 0 Å². The number of oxazole rings is 1. The molecule has 0 saturated heterocycles. The van der Waals surface area contributed by atoms with Crippen molar-refractivity contribution in [3.8, 4) is 22.8 Å². The highest BCUT2D eigenvalue weighted by Crippen LogP contribution is 2.44. The minimum Gasteiger partial charge on any atom is -0.436 e. The van der Waals surface area contributed by atoms with Crippen LogP contribution in [0.2, 0.25) is 0 Å². The monoisotopic (exact) mass is 321 g/mol. The maximum Gasteiger partial charge on any atom is 0.228 e. The van der Waals surface area contributed by atoms with Gasteiger partial charge in [-0.25, -0.2) is 4.98 Å². The van der Waals surface area contributed by atoms with Gasteiger partial charge in [0.15, 0.2) is 5.76 Å². The average molecular weight is 321 g/mol. The molecule has 1 atom stereocenters. The molecule has 0 bridgehead atoms. The molecule has 1 unspecified atom stereocenters. The molecule has 0 fully saturated rings. The van der Waals surface area contributed by atoms with Gasteiger partial charge in [-0.3, -0.25) is 4.98 Å². The second-order valence-corrected chi connectivity index (χ2v) is 6.71. The van der Waals surface area contributed by atoms with Crippen LogP contribution in [0.5, 0.6) is 0 Å². The highest BCUT2D eigenvalue weighted by atomic mass is 16.4. The molecule has 24 heavy (non-hydrogen) atoms. The lowest BCUT2D eigenvalue weighted by Crippen LogP contribution is -2.38. The third-order valence-electron chi connectivity index (χ3n) is 4.78. The quantitative estimate of drug-likeness (QED) is 0.783. The number of fused-ring (bicyclic) bond motifs is 1. The SMILES string of the molecule is CN1c2cc(-c3cnc(-c4cccnc4)o3)ccc2C(C)(C)C1O. The zero-order valence-corrected chi connectivity index (χ0v) is 13.9. The van der Waals surface area contributed by atoms with Crippen molar-refractivity contribution in [2.45, 2.75) is 25.5 Å². The van der Waals surface area contributed by atoms with Crippen LogP contribution >= 0.6 is 0 Å². The standard InChI is InChI=1S/C19H19N3O2/c1-19(2)14-7-6-12(9-15(14)22(3)18(19)23)16-11-21-17(24-16)13-5-4-8-20-10-13/h4-11,18,23H,1-3H3. The molecule has 1 aliphatic rings. The molecule has 0 radical (unpaired) electrons. The van der Waals surface area contributed by atoms with Gasteiger partial charge in [-0.15, -0.1) is 0 Å². The molecule has 0 saturated carbocycles. The van der Waals surface area contributed by atoms with E-state index in [1.54, 1.807) is 18.6 Å². The first-order valence-corrected chi connectivity index (χ1v) is 7.90. The summed E-state index contributed by atoms with van der Waals surface area (Å²) in [5, 5.41) is 10.4. The van der Waals surface area contributed by atoms with Gasteiger partial charge in [-0.05, 0) is 23.8 Å². The van der Waals surface area contributed by atoms with Gasteiger partial charge in [0.1, 0.15) is 6.23 Å². The van der Waals surface area contributed by atoms with Crippen LogP contribution in [0.3, 0.4) is 0 Å². The number of hydrogen-bond donors (Lipinski definition) is 1. The van der Waals surface area contributed by atoms with E-state index in [1.165, 1.54) is 0 Å². The van der Waals surface area contributed by atoms with Crippen LogP contribution in [-0.2, 0) is 5.41 Å². The fraction of sp³-hybridized carbons (Fsp3) is 0.263. The largest absolute Gasteiger partial charge is 0.436 e. The number of likely N-dealkylation sites (N-methyl/N-ethyl adjacent to an activating group) is 1. The lowest BCUT2D eigenvalue weighted by atomic mass is 9.85. The summed E-state index contributed by atoms with van der Waals surface area (Å²) >= 11 is 0. The highest BCUT2D eigenvalue weighted by Gasteiger charge is 2.42. The number of benzene rings is 1.